The Balaban J connectivity index is -0.0000000546. The van der Waals surface area contributed by atoms with Crippen LogP contribution >= 0.6 is 0 Å². The molecule has 0 heterocycles. The van der Waals surface area contributed by atoms with Crippen LogP contribution in [-0.4, -0.2) is 13.6 Å². The van der Waals surface area contributed by atoms with Crippen molar-refractivity contribution in [2.24, 2.45) is 0 Å². The minimum atomic E-state index is 1.07. The summed E-state index contributed by atoms with van der Waals surface area (Å²) in [5.41, 5.74) is 0. The summed E-state index contributed by atoms with van der Waals surface area (Å²) in [5, 5.41) is 2.93. The van der Waals surface area contributed by atoms with Gasteiger partial charge in [0.1, 0.15) is 0 Å². The van der Waals surface area contributed by atoms with E-state index in [-0.39, 0.29) is 0 Å². The van der Waals surface area contributed by atoms with Crippen molar-refractivity contribution in [2.45, 2.75) is 74.1 Å². The lowest BCUT2D eigenvalue weighted by Gasteiger charge is -1.86. The zero-order chi connectivity index (χ0) is 12.2. The Morgan fingerprint density at radius 3 is 1.00 bits per heavy atom. The molecule has 0 aromatic carbocycles. The SMILES string of the molecule is CC.CC.CCCCCC.CCNC. The summed E-state index contributed by atoms with van der Waals surface area (Å²) in [7, 11) is 1.93. The Morgan fingerprint density at radius 2 is 0.929 bits per heavy atom. The van der Waals surface area contributed by atoms with Gasteiger partial charge in [0, 0.05) is 0 Å². The van der Waals surface area contributed by atoms with Crippen LogP contribution in [0.1, 0.15) is 74.1 Å². The maximum atomic E-state index is 2.93. The maximum Gasteiger partial charge on any atom is -0.00804 e. The van der Waals surface area contributed by atoms with Crippen molar-refractivity contribution in [1.82, 2.24) is 5.32 Å². The third-order valence-corrected chi connectivity index (χ3v) is 1.31. The van der Waals surface area contributed by atoms with Gasteiger partial charge in [-0.05, 0) is 13.6 Å². The normalized spacial score (nSPS) is 6.86. The number of nitrogens with one attached hydrogen (secondary N) is 1. The lowest BCUT2D eigenvalue weighted by Crippen LogP contribution is -2.01. The molecule has 0 atom stereocenters. The maximum absolute atomic E-state index is 2.93. The van der Waals surface area contributed by atoms with E-state index in [0.29, 0.717) is 0 Å². The highest BCUT2D eigenvalue weighted by Gasteiger charge is 1.75. The van der Waals surface area contributed by atoms with Gasteiger partial charge in [0.15, 0.2) is 0 Å². The molecule has 0 saturated heterocycles. The van der Waals surface area contributed by atoms with E-state index in [2.05, 4.69) is 26.1 Å². The van der Waals surface area contributed by atoms with Crippen LogP contribution in [0.25, 0.3) is 0 Å². The van der Waals surface area contributed by atoms with Crippen molar-refractivity contribution in [3.63, 3.8) is 0 Å². The average Bonchev–Trinajstić information content (AvgIpc) is 2.32. The molecule has 1 nitrogen and oxygen atoms in total. The van der Waals surface area contributed by atoms with Crippen LogP contribution in [0, 0.1) is 0 Å². The van der Waals surface area contributed by atoms with E-state index in [0.717, 1.165) is 6.54 Å². The fraction of sp³-hybridized carbons (Fsp3) is 1.00. The molecule has 0 aliphatic carbocycles. The van der Waals surface area contributed by atoms with Crippen molar-refractivity contribution in [3.05, 3.63) is 0 Å². The van der Waals surface area contributed by atoms with Crippen LogP contribution in [0.15, 0.2) is 0 Å². The van der Waals surface area contributed by atoms with Crippen molar-refractivity contribution in [1.29, 1.82) is 0 Å². The second kappa shape index (κ2) is 52.2. The summed E-state index contributed by atoms with van der Waals surface area (Å²) in [6.45, 7) is 15.6. The molecule has 0 fully saturated rings. The highest BCUT2D eigenvalue weighted by molar-refractivity contribution is 4.31. The highest BCUT2D eigenvalue weighted by Crippen LogP contribution is 1.95. The third-order valence-electron chi connectivity index (χ3n) is 1.31. The van der Waals surface area contributed by atoms with Gasteiger partial charge in [0.2, 0.25) is 0 Å². The summed E-state index contributed by atoms with van der Waals surface area (Å²) in [4.78, 5) is 0. The molecule has 1 heteroatoms. The van der Waals surface area contributed by atoms with Gasteiger partial charge in [-0.15, -0.1) is 0 Å². The zero-order valence-corrected chi connectivity index (χ0v) is 12.0. The molecule has 14 heavy (non-hydrogen) atoms. The van der Waals surface area contributed by atoms with E-state index in [1.807, 2.05) is 34.7 Å². The van der Waals surface area contributed by atoms with E-state index >= 15 is 0 Å². The predicted molar refractivity (Wildman–Crippen MR) is 72.1 cm³/mol. The predicted octanol–water partition coefficient (Wildman–Crippen LogP) is 4.86. The van der Waals surface area contributed by atoms with Gasteiger partial charge >= 0.3 is 0 Å². The van der Waals surface area contributed by atoms with Crippen LogP contribution in [0.3, 0.4) is 0 Å². The lowest BCUT2D eigenvalue weighted by molar-refractivity contribution is 0.702. The molecule has 0 spiro atoms. The zero-order valence-electron chi connectivity index (χ0n) is 12.0. The molecule has 0 amide bonds. The molecule has 0 radical (unpaired) electrons. The Hall–Kier alpha value is -0.0400. The van der Waals surface area contributed by atoms with Crippen molar-refractivity contribution in [2.75, 3.05) is 13.6 Å². The average molecular weight is 205 g/mol. The van der Waals surface area contributed by atoms with Gasteiger partial charge < -0.3 is 5.32 Å². The first-order valence-electron chi connectivity index (χ1n) is 6.47. The fourth-order valence-electron chi connectivity index (χ4n) is 0.500. The summed E-state index contributed by atoms with van der Waals surface area (Å²) in [6.07, 6.45) is 5.54. The first kappa shape index (κ1) is 23.6. The summed E-state index contributed by atoms with van der Waals surface area (Å²) in [6, 6.07) is 0. The second-order valence-electron chi connectivity index (χ2n) is 2.41. The van der Waals surface area contributed by atoms with Gasteiger partial charge in [0.25, 0.3) is 0 Å². The molecule has 0 aromatic heterocycles. The number of unbranched alkanes of at least 4 members (excludes halogenated alkanes) is 3. The summed E-state index contributed by atoms with van der Waals surface area (Å²) < 4.78 is 0. The van der Waals surface area contributed by atoms with Gasteiger partial charge in [-0.3, -0.25) is 0 Å². The molecule has 0 aromatic rings. The largest absolute Gasteiger partial charge is 0.320 e. The van der Waals surface area contributed by atoms with E-state index in [1.165, 1.54) is 25.7 Å². The lowest BCUT2D eigenvalue weighted by atomic mass is 10.2. The molecule has 0 saturated carbocycles. The van der Waals surface area contributed by atoms with Crippen molar-refractivity contribution in [3.8, 4) is 0 Å². The van der Waals surface area contributed by atoms with Crippen LogP contribution in [0.2, 0.25) is 0 Å². The first-order chi connectivity index (χ1) is 6.83. The fourth-order valence-corrected chi connectivity index (χ4v) is 0.500. The van der Waals surface area contributed by atoms with Gasteiger partial charge in [-0.25, -0.2) is 0 Å². The Labute approximate surface area is 93.7 Å². The molecule has 92 valence electrons. The molecule has 0 aliphatic rings. The number of rotatable bonds is 4. The monoisotopic (exact) mass is 205 g/mol. The quantitative estimate of drug-likeness (QED) is 0.646. The summed E-state index contributed by atoms with van der Waals surface area (Å²) >= 11 is 0. The Morgan fingerprint density at radius 1 is 0.714 bits per heavy atom. The Bertz CT molecular complexity index is 30.2. The van der Waals surface area contributed by atoms with E-state index < -0.39 is 0 Å². The molecule has 0 aliphatic heterocycles. The molecule has 0 rings (SSSR count). The van der Waals surface area contributed by atoms with E-state index in [4.69, 9.17) is 0 Å². The minimum absolute atomic E-state index is 1.07. The second-order valence-corrected chi connectivity index (χ2v) is 2.41. The van der Waals surface area contributed by atoms with Crippen LogP contribution in [-0.2, 0) is 0 Å². The molecular weight excluding hydrogens is 170 g/mol. The van der Waals surface area contributed by atoms with E-state index in [1.54, 1.807) is 0 Å². The third kappa shape index (κ3) is 91.6. The minimum Gasteiger partial charge on any atom is -0.320 e. The van der Waals surface area contributed by atoms with E-state index in [9.17, 15) is 0 Å². The number of hydrogen-bond acceptors (Lipinski definition) is 1. The Kier molecular flexibility index (Phi) is 88.1. The highest BCUT2D eigenvalue weighted by atomic mass is 14.8. The first-order valence-corrected chi connectivity index (χ1v) is 6.47. The van der Waals surface area contributed by atoms with Gasteiger partial charge in [0.05, 0.1) is 0 Å². The summed E-state index contributed by atoms with van der Waals surface area (Å²) in [5.74, 6) is 0. The molecule has 0 unspecified atom stereocenters. The van der Waals surface area contributed by atoms with Crippen molar-refractivity contribution >= 4 is 0 Å². The molecular formula is C13H35N. The molecule has 1 N–H and O–H groups in total. The van der Waals surface area contributed by atoms with Gasteiger partial charge in [-0.1, -0.05) is 74.1 Å². The topological polar surface area (TPSA) is 12.0 Å². The van der Waals surface area contributed by atoms with Gasteiger partial charge in [-0.2, -0.15) is 0 Å². The van der Waals surface area contributed by atoms with Crippen LogP contribution in [0.4, 0.5) is 0 Å². The van der Waals surface area contributed by atoms with Crippen LogP contribution < -0.4 is 5.32 Å². The van der Waals surface area contributed by atoms with Crippen LogP contribution in [0.5, 0.6) is 0 Å². The standard InChI is InChI=1S/C6H14.C3H9N.2C2H6/c1-3-5-6-4-2;1-3-4-2;2*1-2/h3-6H2,1-2H3;4H,3H2,1-2H3;2*1-2H3. The smallest absolute Gasteiger partial charge is 0.00804 e. The molecule has 0 bridgehead atoms. The van der Waals surface area contributed by atoms with Crippen molar-refractivity contribution < 1.29 is 0 Å². The number of hydrogen-bond donors (Lipinski definition) is 1.